The Bertz CT molecular complexity index is 95.4. The smallest absolute Gasteiger partial charge is 0.0465 e. The number of aliphatic hydroxyl groups is 1. The lowest BCUT2D eigenvalue weighted by Crippen LogP contribution is -2.42. The second-order valence-corrected chi connectivity index (χ2v) is 3.46. The summed E-state index contributed by atoms with van der Waals surface area (Å²) in [5, 5.41) is 12.3. The van der Waals surface area contributed by atoms with Crippen LogP contribution >= 0.6 is 0 Å². The Morgan fingerprint density at radius 2 is 1.80 bits per heavy atom. The molecule has 1 fully saturated rings. The summed E-state index contributed by atoms with van der Waals surface area (Å²) in [7, 11) is 0. The molecule has 1 rings (SSSR count). The van der Waals surface area contributed by atoms with Crippen LogP contribution in [0.2, 0.25) is 0 Å². The van der Waals surface area contributed by atoms with E-state index in [-0.39, 0.29) is 0 Å². The largest absolute Gasteiger partial charge is 0.396 e. The van der Waals surface area contributed by atoms with E-state index in [1.54, 1.807) is 0 Å². The first-order chi connectivity index (χ1) is 4.75. The van der Waals surface area contributed by atoms with Gasteiger partial charge in [-0.3, -0.25) is 0 Å². The van der Waals surface area contributed by atoms with E-state index in [2.05, 4.69) is 19.2 Å². The van der Waals surface area contributed by atoms with Gasteiger partial charge < -0.3 is 10.4 Å². The van der Waals surface area contributed by atoms with E-state index in [1.807, 2.05) is 0 Å². The summed E-state index contributed by atoms with van der Waals surface area (Å²) in [6.07, 6.45) is 0. The summed E-state index contributed by atoms with van der Waals surface area (Å²) in [5.41, 5.74) is 0. The zero-order chi connectivity index (χ0) is 7.56. The van der Waals surface area contributed by atoms with E-state index < -0.39 is 0 Å². The maximum atomic E-state index is 9.00. The molecular formula is C8H17NO. The molecule has 3 atom stereocenters. The number of hydrogen-bond acceptors (Lipinski definition) is 2. The first kappa shape index (κ1) is 8.02. The van der Waals surface area contributed by atoms with Crippen LogP contribution < -0.4 is 5.32 Å². The summed E-state index contributed by atoms with van der Waals surface area (Å²) >= 11 is 0. The molecule has 1 aliphatic heterocycles. The van der Waals surface area contributed by atoms with Crippen molar-refractivity contribution in [3.05, 3.63) is 0 Å². The van der Waals surface area contributed by atoms with Crippen molar-refractivity contribution in [1.29, 1.82) is 0 Å². The van der Waals surface area contributed by atoms with Crippen LogP contribution in [0.4, 0.5) is 0 Å². The van der Waals surface area contributed by atoms with Gasteiger partial charge in [0.2, 0.25) is 0 Å². The fraction of sp³-hybridized carbons (Fsp3) is 1.00. The van der Waals surface area contributed by atoms with Gasteiger partial charge in [-0.05, 0) is 30.8 Å². The molecule has 0 aromatic carbocycles. The Hall–Kier alpha value is -0.0800. The van der Waals surface area contributed by atoms with Crippen molar-refractivity contribution < 1.29 is 5.11 Å². The highest BCUT2D eigenvalue weighted by Gasteiger charge is 2.26. The Labute approximate surface area is 62.6 Å². The average molecular weight is 143 g/mol. The lowest BCUT2D eigenvalue weighted by atomic mass is 9.81. The molecule has 0 aromatic heterocycles. The number of piperidine rings is 1. The standard InChI is InChI=1S/C8H17NO/c1-6-3-9-4-7(2)8(6)5-10/h6-10H,3-5H2,1-2H3/t6-,7?,8?/m1/s1. The van der Waals surface area contributed by atoms with Gasteiger partial charge >= 0.3 is 0 Å². The molecule has 60 valence electrons. The van der Waals surface area contributed by atoms with Crippen molar-refractivity contribution in [1.82, 2.24) is 5.32 Å². The Morgan fingerprint density at radius 3 is 2.10 bits per heavy atom. The molecule has 2 N–H and O–H groups in total. The summed E-state index contributed by atoms with van der Waals surface area (Å²) in [6.45, 7) is 6.88. The topological polar surface area (TPSA) is 32.3 Å². The van der Waals surface area contributed by atoms with Crippen LogP contribution in [-0.4, -0.2) is 24.8 Å². The maximum Gasteiger partial charge on any atom is 0.0465 e. The number of nitrogens with one attached hydrogen (secondary N) is 1. The van der Waals surface area contributed by atoms with E-state index in [4.69, 9.17) is 5.11 Å². The zero-order valence-electron chi connectivity index (χ0n) is 6.80. The van der Waals surface area contributed by atoms with Crippen LogP contribution in [0.3, 0.4) is 0 Å². The second-order valence-electron chi connectivity index (χ2n) is 3.46. The van der Waals surface area contributed by atoms with Crippen LogP contribution in [0.5, 0.6) is 0 Å². The molecule has 0 amide bonds. The third-order valence-corrected chi connectivity index (χ3v) is 2.61. The highest BCUT2D eigenvalue weighted by atomic mass is 16.3. The molecular weight excluding hydrogens is 126 g/mol. The molecule has 2 nitrogen and oxygen atoms in total. The van der Waals surface area contributed by atoms with Gasteiger partial charge in [0, 0.05) is 6.61 Å². The third kappa shape index (κ3) is 1.50. The molecule has 1 aliphatic rings. The Balaban J connectivity index is 2.45. The predicted octanol–water partition coefficient (Wildman–Crippen LogP) is 0.470. The molecule has 0 spiro atoms. The first-order valence-corrected chi connectivity index (χ1v) is 4.07. The fourth-order valence-corrected chi connectivity index (χ4v) is 1.76. The molecule has 0 radical (unpaired) electrons. The van der Waals surface area contributed by atoms with E-state index in [0.29, 0.717) is 24.4 Å². The Kier molecular flexibility index (Phi) is 2.69. The van der Waals surface area contributed by atoms with Crippen LogP contribution in [0, 0.1) is 17.8 Å². The SMILES string of the molecule is CC1CNC[C@@H](C)C1CO. The minimum atomic E-state index is 0.351. The highest BCUT2D eigenvalue weighted by Crippen LogP contribution is 2.22. The van der Waals surface area contributed by atoms with E-state index in [0.717, 1.165) is 13.1 Å². The molecule has 0 aliphatic carbocycles. The minimum absolute atomic E-state index is 0.351. The van der Waals surface area contributed by atoms with Gasteiger partial charge in [0.05, 0.1) is 0 Å². The van der Waals surface area contributed by atoms with Gasteiger partial charge in [0.1, 0.15) is 0 Å². The molecule has 1 heterocycles. The quantitative estimate of drug-likeness (QED) is 0.559. The van der Waals surface area contributed by atoms with Crippen molar-refractivity contribution in [3.8, 4) is 0 Å². The highest BCUT2D eigenvalue weighted by molar-refractivity contribution is 4.79. The lowest BCUT2D eigenvalue weighted by molar-refractivity contribution is 0.109. The molecule has 0 bridgehead atoms. The van der Waals surface area contributed by atoms with E-state index in [1.165, 1.54) is 0 Å². The maximum absolute atomic E-state index is 9.00. The van der Waals surface area contributed by atoms with Gasteiger partial charge in [-0.25, -0.2) is 0 Å². The van der Waals surface area contributed by atoms with Crippen LogP contribution in [0.1, 0.15) is 13.8 Å². The first-order valence-electron chi connectivity index (χ1n) is 4.07. The third-order valence-electron chi connectivity index (χ3n) is 2.61. The van der Waals surface area contributed by atoms with Gasteiger partial charge in [-0.15, -0.1) is 0 Å². The number of hydrogen-bond donors (Lipinski definition) is 2. The van der Waals surface area contributed by atoms with Crippen molar-refractivity contribution in [2.75, 3.05) is 19.7 Å². The normalized spacial score (nSPS) is 41.7. The molecule has 2 unspecified atom stereocenters. The van der Waals surface area contributed by atoms with Crippen molar-refractivity contribution >= 4 is 0 Å². The monoisotopic (exact) mass is 143 g/mol. The fourth-order valence-electron chi connectivity index (χ4n) is 1.76. The predicted molar refractivity (Wildman–Crippen MR) is 41.8 cm³/mol. The number of rotatable bonds is 1. The number of aliphatic hydroxyl groups excluding tert-OH is 1. The summed E-state index contributed by atoms with van der Waals surface area (Å²) in [5.74, 6) is 1.78. The average Bonchev–Trinajstić information content (AvgIpc) is 1.88. The van der Waals surface area contributed by atoms with Gasteiger partial charge in [-0.1, -0.05) is 13.8 Å². The van der Waals surface area contributed by atoms with Crippen LogP contribution in [0.15, 0.2) is 0 Å². The summed E-state index contributed by atoms with van der Waals surface area (Å²) < 4.78 is 0. The second kappa shape index (κ2) is 3.35. The van der Waals surface area contributed by atoms with Gasteiger partial charge in [0.15, 0.2) is 0 Å². The molecule has 10 heavy (non-hydrogen) atoms. The van der Waals surface area contributed by atoms with E-state index >= 15 is 0 Å². The summed E-state index contributed by atoms with van der Waals surface area (Å²) in [4.78, 5) is 0. The van der Waals surface area contributed by atoms with Crippen LogP contribution in [0.25, 0.3) is 0 Å². The van der Waals surface area contributed by atoms with Crippen molar-refractivity contribution in [2.24, 2.45) is 17.8 Å². The molecule has 0 saturated carbocycles. The van der Waals surface area contributed by atoms with Crippen molar-refractivity contribution in [3.63, 3.8) is 0 Å². The van der Waals surface area contributed by atoms with Gasteiger partial charge in [0.25, 0.3) is 0 Å². The molecule has 0 aromatic rings. The van der Waals surface area contributed by atoms with Crippen molar-refractivity contribution in [2.45, 2.75) is 13.8 Å². The summed E-state index contributed by atoms with van der Waals surface area (Å²) in [6, 6.07) is 0. The van der Waals surface area contributed by atoms with Gasteiger partial charge in [-0.2, -0.15) is 0 Å². The Morgan fingerprint density at radius 1 is 1.30 bits per heavy atom. The van der Waals surface area contributed by atoms with Crippen LogP contribution in [-0.2, 0) is 0 Å². The zero-order valence-corrected chi connectivity index (χ0v) is 6.80. The minimum Gasteiger partial charge on any atom is -0.396 e. The lowest BCUT2D eigenvalue weighted by Gasteiger charge is -2.33. The molecule has 2 heteroatoms. The molecule has 1 saturated heterocycles. The van der Waals surface area contributed by atoms with E-state index in [9.17, 15) is 0 Å².